The van der Waals surface area contributed by atoms with Crippen molar-refractivity contribution in [1.29, 1.82) is 0 Å². The third kappa shape index (κ3) is 3.54. The molecule has 0 aromatic carbocycles. The summed E-state index contributed by atoms with van der Waals surface area (Å²) in [5, 5.41) is 17.0. The maximum atomic E-state index is 12.0. The fourth-order valence-corrected chi connectivity index (χ4v) is 2.17. The van der Waals surface area contributed by atoms with Gasteiger partial charge in [-0.2, -0.15) is 0 Å². The van der Waals surface area contributed by atoms with E-state index in [9.17, 15) is 14.7 Å². The lowest BCUT2D eigenvalue weighted by molar-refractivity contribution is -0.122. The molecule has 0 atom stereocenters. The van der Waals surface area contributed by atoms with Crippen molar-refractivity contribution in [3.8, 4) is 0 Å². The second kappa shape index (κ2) is 6.74. The van der Waals surface area contributed by atoms with Gasteiger partial charge < -0.3 is 10.4 Å². The number of nitrogens with zero attached hydrogens (tertiary/aromatic N) is 3. The van der Waals surface area contributed by atoms with E-state index in [4.69, 9.17) is 0 Å². The Morgan fingerprint density at radius 2 is 2.09 bits per heavy atom. The van der Waals surface area contributed by atoms with Gasteiger partial charge in [-0.15, -0.1) is 5.10 Å². The number of fused-ring (bicyclic) bond motifs is 1. The summed E-state index contributed by atoms with van der Waals surface area (Å²) in [5.74, 6) is -0.204. The Hall–Kier alpha value is -2.15. The SMILES string of the molecule is CCC(O)(CC)CNC(=O)CCn1nc2ccccn2c1=O. The molecule has 2 aromatic heterocycles. The van der Waals surface area contributed by atoms with E-state index in [1.807, 2.05) is 13.8 Å². The predicted octanol–water partition coefficient (Wildman–Crippen LogP) is 0.553. The van der Waals surface area contributed by atoms with Gasteiger partial charge in [-0.25, -0.2) is 9.48 Å². The summed E-state index contributed by atoms with van der Waals surface area (Å²) in [6, 6.07) is 5.29. The van der Waals surface area contributed by atoms with Gasteiger partial charge in [0.05, 0.1) is 12.1 Å². The van der Waals surface area contributed by atoms with E-state index in [1.54, 1.807) is 24.4 Å². The van der Waals surface area contributed by atoms with E-state index in [-0.39, 0.29) is 31.1 Å². The topological polar surface area (TPSA) is 88.6 Å². The maximum Gasteiger partial charge on any atom is 0.350 e. The van der Waals surface area contributed by atoms with Crippen LogP contribution in [0.25, 0.3) is 5.65 Å². The average Bonchev–Trinajstić information content (AvgIpc) is 2.87. The summed E-state index contributed by atoms with van der Waals surface area (Å²) in [6.45, 7) is 4.19. The van der Waals surface area contributed by atoms with E-state index in [1.165, 1.54) is 9.08 Å². The number of pyridine rings is 1. The molecule has 7 nitrogen and oxygen atoms in total. The number of nitrogens with one attached hydrogen (secondary N) is 1. The van der Waals surface area contributed by atoms with Crippen molar-refractivity contribution >= 4 is 11.6 Å². The zero-order chi connectivity index (χ0) is 16.2. The molecule has 1 amide bonds. The number of amides is 1. The van der Waals surface area contributed by atoms with Crippen molar-refractivity contribution in [2.75, 3.05) is 6.54 Å². The van der Waals surface area contributed by atoms with Crippen LogP contribution in [0, 0.1) is 0 Å². The molecule has 0 unspecified atom stereocenters. The molecule has 0 aliphatic rings. The average molecular weight is 306 g/mol. The molecule has 2 rings (SSSR count). The highest BCUT2D eigenvalue weighted by atomic mass is 16.3. The summed E-state index contributed by atoms with van der Waals surface area (Å²) in [7, 11) is 0. The van der Waals surface area contributed by atoms with Crippen molar-refractivity contribution < 1.29 is 9.90 Å². The van der Waals surface area contributed by atoms with Crippen molar-refractivity contribution in [3.63, 3.8) is 0 Å². The molecule has 2 aromatic rings. The van der Waals surface area contributed by atoms with Crippen molar-refractivity contribution in [2.45, 2.75) is 45.3 Å². The van der Waals surface area contributed by atoms with Crippen LogP contribution in [0.2, 0.25) is 0 Å². The number of hydrogen-bond donors (Lipinski definition) is 2. The van der Waals surface area contributed by atoms with E-state index in [2.05, 4.69) is 10.4 Å². The molecule has 0 spiro atoms. The molecule has 0 fully saturated rings. The molecular formula is C15H22N4O3. The molecule has 22 heavy (non-hydrogen) atoms. The molecule has 0 radical (unpaired) electrons. The van der Waals surface area contributed by atoms with E-state index < -0.39 is 5.60 Å². The van der Waals surface area contributed by atoms with Crippen LogP contribution in [0.5, 0.6) is 0 Å². The van der Waals surface area contributed by atoms with Gasteiger partial charge in [0.1, 0.15) is 0 Å². The fourth-order valence-electron chi connectivity index (χ4n) is 2.17. The van der Waals surface area contributed by atoms with Crippen LogP contribution in [0.15, 0.2) is 29.2 Å². The third-order valence-electron chi connectivity index (χ3n) is 3.97. The standard InChI is InChI=1S/C15H22N4O3/c1-3-15(22,4-2)11-16-13(20)8-10-19-14(21)18-9-6-5-7-12(18)17-19/h5-7,9,22H,3-4,8,10-11H2,1-2H3,(H,16,20). The number of aliphatic hydroxyl groups is 1. The second-order valence-electron chi connectivity index (χ2n) is 5.39. The molecule has 0 aliphatic heterocycles. The van der Waals surface area contributed by atoms with Gasteiger partial charge in [0, 0.05) is 19.2 Å². The lowest BCUT2D eigenvalue weighted by Gasteiger charge is -2.25. The van der Waals surface area contributed by atoms with Crippen molar-refractivity contribution in [2.24, 2.45) is 0 Å². The van der Waals surface area contributed by atoms with E-state index in [0.29, 0.717) is 18.5 Å². The first-order valence-electron chi connectivity index (χ1n) is 7.52. The van der Waals surface area contributed by atoms with Gasteiger partial charge in [0.25, 0.3) is 0 Å². The van der Waals surface area contributed by atoms with Gasteiger partial charge in [0.2, 0.25) is 5.91 Å². The summed E-state index contributed by atoms with van der Waals surface area (Å²) in [4.78, 5) is 23.9. The first kappa shape index (κ1) is 16.2. The Labute approximate surface area is 128 Å². The highest BCUT2D eigenvalue weighted by molar-refractivity contribution is 5.75. The molecule has 120 valence electrons. The maximum absolute atomic E-state index is 12.0. The quantitative estimate of drug-likeness (QED) is 0.782. The highest BCUT2D eigenvalue weighted by Crippen LogP contribution is 2.12. The summed E-state index contributed by atoms with van der Waals surface area (Å²) < 4.78 is 2.71. The Bertz CT molecular complexity index is 700. The molecule has 0 aliphatic carbocycles. The number of aromatic nitrogens is 3. The Kier molecular flexibility index (Phi) is 4.97. The van der Waals surface area contributed by atoms with Gasteiger partial charge in [0.15, 0.2) is 5.65 Å². The molecule has 2 N–H and O–H groups in total. The first-order valence-corrected chi connectivity index (χ1v) is 7.52. The zero-order valence-corrected chi connectivity index (χ0v) is 13.0. The van der Waals surface area contributed by atoms with Crippen molar-refractivity contribution in [1.82, 2.24) is 19.5 Å². The Balaban J connectivity index is 1.93. The van der Waals surface area contributed by atoms with Crippen molar-refractivity contribution in [3.05, 3.63) is 34.9 Å². The van der Waals surface area contributed by atoms with Crippen LogP contribution in [0.4, 0.5) is 0 Å². The fraction of sp³-hybridized carbons (Fsp3) is 0.533. The second-order valence-corrected chi connectivity index (χ2v) is 5.39. The molecule has 0 saturated carbocycles. The van der Waals surface area contributed by atoms with Gasteiger partial charge in [-0.1, -0.05) is 19.9 Å². The highest BCUT2D eigenvalue weighted by Gasteiger charge is 2.22. The summed E-state index contributed by atoms with van der Waals surface area (Å²) in [6.07, 6.45) is 2.95. The molecular weight excluding hydrogens is 284 g/mol. The minimum atomic E-state index is -0.865. The molecule has 0 bridgehead atoms. The Morgan fingerprint density at radius 1 is 1.36 bits per heavy atom. The smallest absolute Gasteiger partial charge is 0.350 e. The van der Waals surface area contributed by atoms with Crippen LogP contribution >= 0.6 is 0 Å². The monoisotopic (exact) mass is 306 g/mol. The number of rotatable bonds is 7. The van der Waals surface area contributed by atoms with Crippen LogP contribution in [0.1, 0.15) is 33.1 Å². The minimum absolute atomic E-state index is 0.146. The molecule has 2 heterocycles. The van der Waals surface area contributed by atoms with Gasteiger partial charge in [-0.05, 0) is 25.0 Å². The van der Waals surface area contributed by atoms with E-state index in [0.717, 1.165) is 0 Å². The number of hydrogen-bond acceptors (Lipinski definition) is 4. The van der Waals surface area contributed by atoms with E-state index >= 15 is 0 Å². The molecule has 7 heteroatoms. The van der Waals surface area contributed by atoms with Crippen LogP contribution < -0.4 is 11.0 Å². The Morgan fingerprint density at radius 3 is 2.73 bits per heavy atom. The lowest BCUT2D eigenvalue weighted by atomic mass is 9.97. The lowest BCUT2D eigenvalue weighted by Crippen LogP contribution is -2.42. The summed E-state index contributed by atoms with van der Waals surface area (Å²) >= 11 is 0. The molecule has 0 saturated heterocycles. The number of carbonyl (C=O) groups is 1. The third-order valence-corrected chi connectivity index (χ3v) is 3.97. The largest absolute Gasteiger partial charge is 0.388 e. The van der Waals surface area contributed by atoms with Crippen LogP contribution in [0.3, 0.4) is 0 Å². The number of aryl methyl sites for hydroxylation is 1. The minimum Gasteiger partial charge on any atom is -0.388 e. The van der Waals surface area contributed by atoms with Gasteiger partial charge in [-0.3, -0.25) is 9.20 Å². The van der Waals surface area contributed by atoms with Gasteiger partial charge >= 0.3 is 5.69 Å². The predicted molar refractivity (Wildman–Crippen MR) is 82.6 cm³/mol. The zero-order valence-electron chi connectivity index (χ0n) is 13.0. The van der Waals surface area contributed by atoms with Crippen LogP contribution in [-0.2, 0) is 11.3 Å². The summed E-state index contributed by atoms with van der Waals surface area (Å²) in [5.41, 5.74) is -0.573. The van der Waals surface area contributed by atoms with Crippen LogP contribution in [-0.4, -0.2) is 37.3 Å². The normalized spacial score (nSPS) is 11.8. The number of carbonyl (C=O) groups excluding carboxylic acids is 1. The first-order chi connectivity index (χ1) is 10.5.